The van der Waals surface area contributed by atoms with E-state index in [1.165, 1.54) is 7.11 Å². The van der Waals surface area contributed by atoms with Crippen LogP contribution in [-0.2, 0) is 94.7 Å². The fraction of sp³-hybridized carbons (Fsp3) is 0.487. The molecule has 5 aliphatic heterocycles. The van der Waals surface area contributed by atoms with Crippen LogP contribution in [0.2, 0.25) is 0 Å². The molecule has 588 valence electrons. The van der Waals surface area contributed by atoms with Crippen molar-refractivity contribution in [2.75, 3.05) is 59.9 Å². The van der Waals surface area contributed by atoms with Gasteiger partial charge in [0.15, 0.2) is 18.0 Å². The molecule has 107 heavy (non-hydrogen) atoms. The third-order valence-corrected chi connectivity index (χ3v) is 17.7. The van der Waals surface area contributed by atoms with Crippen LogP contribution in [0.15, 0.2) is 192 Å². The monoisotopic (exact) mass is 1500 g/mol. The van der Waals surface area contributed by atoms with Gasteiger partial charge in [0.2, 0.25) is 0 Å². The van der Waals surface area contributed by atoms with Crippen molar-refractivity contribution < 1.29 is 119 Å². The number of ether oxygens (including phenoxy) is 11. The average Bonchev–Trinajstić information content (AvgIpc) is 0.833. The first kappa shape index (κ1) is 93.0. The van der Waals surface area contributed by atoms with Gasteiger partial charge in [0.1, 0.15) is 12.2 Å². The molecule has 6 aromatic rings. The zero-order valence-corrected chi connectivity index (χ0v) is 60.2. The molecule has 0 radical (unpaired) electrons. The summed E-state index contributed by atoms with van der Waals surface area (Å²) >= 11 is 0. The number of hydrogen-bond acceptors (Lipinski definition) is 22. The van der Waals surface area contributed by atoms with Gasteiger partial charge in [-0.15, -0.1) is 0 Å². The predicted molar refractivity (Wildman–Crippen MR) is 392 cm³/mol. The first-order valence-corrected chi connectivity index (χ1v) is 34.4. The highest BCUT2D eigenvalue weighted by molar-refractivity contribution is 5.97. The van der Waals surface area contributed by atoms with Crippen LogP contribution >= 0.6 is 0 Å². The molecule has 31 heteroatoms. The smallest absolute Gasteiger partial charge is 0.335 e. The van der Waals surface area contributed by atoms with Gasteiger partial charge in [0.25, 0.3) is 0 Å². The van der Waals surface area contributed by atoms with E-state index in [0.29, 0.717) is 57.9 Å². The van der Waals surface area contributed by atoms with Gasteiger partial charge in [-0.05, 0) is 45.8 Å². The van der Waals surface area contributed by atoms with Gasteiger partial charge in [-0.2, -0.15) is 0 Å². The quantitative estimate of drug-likeness (QED) is 0.0119. The molecule has 17 atom stereocenters. The van der Waals surface area contributed by atoms with Gasteiger partial charge < -0.3 is 110 Å². The number of aliphatic carboxylic acids is 1. The van der Waals surface area contributed by atoms with E-state index >= 15 is 0 Å². The van der Waals surface area contributed by atoms with E-state index in [1.54, 1.807) is 0 Å². The van der Waals surface area contributed by atoms with Gasteiger partial charge in [-0.1, -0.05) is 199 Å². The normalized spacial score (nSPS) is 26.1. The minimum Gasteiger partial charge on any atom is -0.479 e. The van der Waals surface area contributed by atoms with E-state index in [0.717, 1.165) is 27.8 Å². The van der Waals surface area contributed by atoms with E-state index in [2.05, 4.69) is 30.1 Å². The number of carbonyl (C=O) groups is 3. The molecule has 6 aromatic carbocycles. The molecule has 0 aromatic heterocycles. The molecule has 5 aliphatic rings. The van der Waals surface area contributed by atoms with Crippen LogP contribution in [0.4, 0.5) is 0 Å². The number of aliphatic hydroxyl groups is 5. The summed E-state index contributed by atoms with van der Waals surface area (Å²) in [5.41, 5.74) is 22.7. The number of methoxy groups -OCH3 is 1. The van der Waals surface area contributed by atoms with Crippen molar-refractivity contribution in [1.82, 2.24) is 5.32 Å². The number of nitrogens with one attached hydrogen (secondary N) is 1. The van der Waals surface area contributed by atoms with Crippen molar-refractivity contribution >= 4 is 17.7 Å². The van der Waals surface area contributed by atoms with Crippen LogP contribution in [0.3, 0.4) is 0 Å². The molecule has 15 N–H and O–H groups in total. The molecular formula is C76H105N7O24. The highest BCUT2D eigenvalue weighted by Crippen LogP contribution is 2.29. The van der Waals surface area contributed by atoms with Crippen LogP contribution in [0.5, 0.6) is 0 Å². The molecular weight excluding hydrogens is 1390 g/mol. The van der Waals surface area contributed by atoms with Crippen LogP contribution < -0.4 is 5.32 Å². The number of carbonyl (C=O) groups excluding carboxylic acids is 2. The summed E-state index contributed by atoms with van der Waals surface area (Å²) in [6, 6.07) is 57.4. The van der Waals surface area contributed by atoms with E-state index in [4.69, 9.17) is 63.5 Å². The molecule has 31 nitrogen and oxygen atoms in total. The SMILES string of the molecule is COC(=O)C1CC(OCc2ccccc2)C(O)CO1.C[C@@H]1C(CO)OCC(N=[N+]=[N-])C1OCc1ccccc1.C[C@H]1OC(CO)CC(OCc2ccccc2)C1NCC(=O)c1ccccc1.O.O.O.O.O=C(O)C1CC(OCc2ccccc2)C(OCc2ccccc2)CO1.[N-]=[N+]=NC1COC(CO)CC1O. The number of aliphatic hydroxyl groups excluding tert-OH is 5. The average molecular weight is 1500 g/mol. The van der Waals surface area contributed by atoms with Crippen molar-refractivity contribution in [1.29, 1.82) is 0 Å². The number of rotatable bonds is 26. The number of ketones is 1. The van der Waals surface area contributed by atoms with Crippen molar-refractivity contribution in [2.24, 2.45) is 16.1 Å². The molecule has 11 rings (SSSR count). The van der Waals surface area contributed by atoms with Crippen molar-refractivity contribution in [3.05, 3.63) is 236 Å². The molecule has 5 saturated heterocycles. The summed E-state index contributed by atoms with van der Waals surface area (Å²) in [6.45, 7) is 6.85. The standard InChI is InChI=1S/C22H27NO4.C20H22O5.C14H19N3O3.C14H18O5.C6H11N3O3.4H2O/c1-16-22(23-13-20(25)18-10-6-3-7-11-18)21(12-19(14-24)27-16)26-15-17-8-4-2-5-9-17;21-20(22)18-11-17(23-12-15-7-3-1-4-8-15)19(14-25-18)24-13-16-9-5-2-6-10-16;1-10-13(7-18)19-9-12(16-17-15)14(10)20-8-11-5-3-2-4-6-11;1-17-14(16)13-7-12(11(15)9-19-13)18-8-10-5-3-2-4-6-10;7-9-8-5-3-12-4(2-10)1-6(5)11;;;;/h2-11,16,19,21-24H,12-15H2,1H3;1-10,17-19H,11-14H2,(H,21,22);2-6,10,12-14,18H,7-9H2,1H3;2-6,11-13,15H,7-9H2,1H3;4-6,10-11H,1-3H2;4*1H2/t16-,19?,21?,22?;;10-,12?,13?,14?;;;;;;/m1.1....../s1. The third-order valence-electron chi connectivity index (χ3n) is 17.7. The second kappa shape index (κ2) is 51.9. The highest BCUT2D eigenvalue weighted by atomic mass is 16.6. The summed E-state index contributed by atoms with van der Waals surface area (Å²) in [7, 11) is 1.32. The summed E-state index contributed by atoms with van der Waals surface area (Å²) in [5.74, 6) is -1.39. The maximum Gasteiger partial charge on any atom is 0.335 e. The Labute approximate surface area is 622 Å². The fourth-order valence-electron chi connectivity index (χ4n) is 11.9. The Kier molecular flexibility index (Phi) is 45.1. The number of benzene rings is 6. The molecule has 0 bridgehead atoms. The van der Waals surface area contributed by atoms with Crippen LogP contribution in [0.25, 0.3) is 20.9 Å². The van der Waals surface area contributed by atoms with Crippen molar-refractivity contribution in [3.8, 4) is 0 Å². The first-order chi connectivity index (χ1) is 50.1. The van der Waals surface area contributed by atoms with E-state index < -0.39 is 48.5 Å². The minimum atomic E-state index is -0.963. The van der Waals surface area contributed by atoms with Crippen LogP contribution in [-0.4, -0.2) is 228 Å². The lowest BCUT2D eigenvalue weighted by atomic mass is 9.90. The van der Waals surface area contributed by atoms with Gasteiger partial charge in [0, 0.05) is 47.0 Å². The molecule has 5 fully saturated rings. The van der Waals surface area contributed by atoms with Crippen LogP contribution in [0, 0.1) is 5.92 Å². The second-order valence-electron chi connectivity index (χ2n) is 25.1. The minimum absolute atomic E-state index is 0. The second-order valence-corrected chi connectivity index (χ2v) is 25.1. The van der Waals surface area contributed by atoms with E-state index in [1.807, 2.05) is 196 Å². The molecule has 5 heterocycles. The molecule has 0 spiro atoms. The Morgan fingerprint density at radius 1 is 0.486 bits per heavy atom. The highest BCUT2D eigenvalue weighted by Gasteiger charge is 2.41. The summed E-state index contributed by atoms with van der Waals surface area (Å²) in [6.07, 6.45) is -3.88. The zero-order valence-electron chi connectivity index (χ0n) is 60.2. The molecule has 15 unspecified atom stereocenters. The third kappa shape index (κ3) is 31.8. The number of esters is 1. The summed E-state index contributed by atoms with van der Waals surface area (Å²) < 4.78 is 61.4. The molecule has 0 amide bonds. The summed E-state index contributed by atoms with van der Waals surface area (Å²) in [5, 5.41) is 66.3. The Morgan fingerprint density at radius 3 is 1.37 bits per heavy atom. The zero-order chi connectivity index (χ0) is 73.6. The topological polar surface area (TPSA) is 510 Å². The van der Waals surface area contributed by atoms with Gasteiger partial charge >= 0.3 is 11.9 Å². The lowest BCUT2D eigenvalue weighted by Crippen LogP contribution is -2.56. The van der Waals surface area contributed by atoms with Gasteiger partial charge in [0.05, 0.1) is 166 Å². The molecule has 0 aliphatic carbocycles. The van der Waals surface area contributed by atoms with Crippen molar-refractivity contribution in [3.63, 3.8) is 0 Å². The van der Waals surface area contributed by atoms with Gasteiger partial charge in [-0.25, -0.2) is 9.59 Å². The number of hydrogen-bond donors (Lipinski definition) is 7. The number of Topliss-reactive ketones (excluding diaryl/α,β-unsaturated/α-hetero) is 1. The van der Waals surface area contributed by atoms with Gasteiger partial charge in [-0.3, -0.25) is 4.79 Å². The van der Waals surface area contributed by atoms with Crippen molar-refractivity contribution in [2.45, 2.75) is 170 Å². The van der Waals surface area contributed by atoms with E-state index in [9.17, 15) is 39.9 Å². The maximum absolute atomic E-state index is 12.4. The lowest BCUT2D eigenvalue weighted by Gasteiger charge is -2.40. The Balaban J connectivity index is 0.000000351. The predicted octanol–water partition coefficient (Wildman–Crippen LogP) is 5.29. The summed E-state index contributed by atoms with van der Waals surface area (Å²) in [4.78, 5) is 40.5. The number of azide groups is 2. The largest absolute Gasteiger partial charge is 0.479 e. The van der Waals surface area contributed by atoms with E-state index in [-0.39, 0.29) is 154 Å². The first-order valence-electron chi connectivity index (χ1n) is 34.4. The maximum atomic E-state index is 12.4. The fourth-order valence-corrected chi connectivity index (χ4v) is 11.9. The number of carboxylic acids is 1. The Bertz CT molecular complexity index is 3460. The van der Waals surface area contributed by atoms with Crippen LogP contribution in [0.1, 0.15) is 77.7 Å². The number of carboxylic acid groups (broad SMARTS) is 1. The number of nitrogens with zero attached hydrogens (tertiary/aromatic N) is 6. The lowest BCUT2D eigenvalue weighted by molar-refractivity contribution is -0.187. The Morgan fingerprint density at radius 2 is 0.916 bits per heavy atom. The molecule has 0 saturated carbocycles. The Hall–Kier alpha value is -8.25.